The van der Waals surface area contributed by atoms with Crippen molar-refractivity contribution in [3.63, 3.8) is 0 Å². The first-order valence-corrected chi connectivity index (χ1v) is 6.98. The molecule has 0 aliphatic carbocycles. The molecule has 2 aromatic carbocycles. The fraction of sp³-hybridized carbons (Fsp3) is 0.118. The van der Waals surface area contributed by atoms with Gasteiger partial charge < -0.3 is 9.84 Å². The lowest BCUT2D eigenvalue weighted by molar-refractivity contribution is 0.282. The number of fused-ring (bicyclic) bond motifs is 1. The van der Waals surface area contributed by atoms with Crippen molar-refractivity contribution in [1.29, 1.82) is 0 Å². The molecule has 0 aliphatic rings. The second kappa shape index (κ2) is 5.72. The van der Waals surface area contributed by atoms with Crippen molar-refractivity contribution in [2.75, 3.05) is 0 Å². The molecule has 0 atom stereocenters. The van der Waals surface area contributed by atoms with Crippen LogP contribution in [0, 0.1) is 6.92 Å². The average molecular weight is 300 g/mol. The number of aliphatic hydroxyl groups is 1. The van der Waals surface area contributed by atoms with E-state index in [1.807, 2.05) is 43.3 Å². The van der Waals surface area contributed by atoms with E-state index < -0.39 is 0 Å². The summed E-state index contributed by atoms with van der Waals surface area (Å²) < 4.78 is 5.93. The fourth-order valence-electron chi connectivity index (χ4n) is 2.26. The largest absolute Gasteiger partial charge is 0.438 e. The minimum absolute atomic E-state index is 0.0479. The summed E-state index contributed by atoms with van der Waals surface area (Å²) in [5.74, 6) is 1.24. The minimum atomic E-state index is -0.0479. The highest BCUT2D eigenvalue weighted by molar-refractivity contribution is 6.30. The zero-order chi connectivity index (χ0) is 14.8. The molecular weight excluding hydrogens is 286 g/mol. The van der Waals surface area contributed by atoms with Gasteiger partial charge in [0.05, 0.1) is 6.61 Å². The van der Waals surface area contributed by atoms with Gasteiger partial charge in [-0.25, -0.2) is 4.98 Å². The van der Waals surface area contributed by atoms with Gasteiger partial charge in [-0.05, 0) is 42.1 Å². The van der Waals surface area contributed by atoms with E-state index in [9.17, 15) is 5.11 Å². The Morgan fingerprint density at radius 1 is 1.14 bits per heavy atom. The Morgan fingerprint density at radius 3 is 2.62 bits per heavy atom. The van der Waals surface area contributed by atoms with Crippen molar-refractivity contribution in [3.8, 4) is 11.6 Å². The van der Waals surface area contributed by atoms with Crippen LogP contribution in [-0.2, 0) is 6.61 Å². The smallest absolute Gasteiger partial charge is 0.227 e. The van der Waals surface area contributed by atoms with Crippen LogP contribution < -0.4 is 4.74 Å². The van der Waals surface area contributed by atoms with Gasteiger partial charge in [-0.2, -0.15) is 0 Å². The number of hydrogen-bond acceptors (Lipinski definition) is 3. The van der Waals surface area contributed by atoms with Gasteiger partial charge in [-0.1, -0.05) is 29.8 Å². The highest BCUT2D eigenvalue weighted by atomic mass is 35.5. The lowest BCUT2D eigenvalue weighted by atomic mass is 10.1. The normalized spacial score (nSPS) is 10.8. The summed E-state index contributed by atoms with van der Waals surface area (Å²) in [5.41, 5.74) is 1.73. The first kappa shape index (κ1) is 13.9. The van der Waals surface area contributed by atoms with E-state index >= 15 is 0 Å². The van der Waals surface area contributed by atoms with Crippen molar-refractivity contribution in [2.45, 2.75) is 13.5 Å². The van der Waals surface area contributed by atoms with Gasteiger partial charge in [0.15, 0.2) is 0 Å². The summed E-state index contributed by atoms with van der Waals surface area (Å²) in [6.07, 6.45) is 1.64. The molecule has 1 heterocycles. The molecule has 1 aromatic heterocycles. The van der Waals surface area contributed by atoms with Gasteiger partial charge in [-0.3, -0.25) is 0 Å². The molecular formula is C17H14ClNO2. The van der Waals surface area contributed by atoms with Gasteiger partial charge in [0.25, 0.3) is 0 Å². The molecule has 0 aliphatic heterocycles. The highest BCUT2D eigenvalue weighted by Crippen LogP contribution is 2.32. The topological polar surface area (TPSA) is 42.4 Å². The molecule has 3 nitrogen and oxygen atoms in total. The number of aromatic nitrogens is 1. The van der Waals surface area contributed by atoms with Crippen LogP contribution in [0.4, 0.5) is 0 Å². The first-order valence-electron chi connectivity index (χ1n) is 6.60. The Hall–Kier alpha value is -2.10. The molecule has 0 bridgehead atoms. The van der Waals surface area contributed by atoms with Gasteiger partial charge in [0, 0.05) is 22.2 Å². The number of hydrogen-bond donors (Lipinski definition) is 1. The number of halogens is 1. The van der Waals surface area contributed by atoms with Crippen molar-refractivity contribution < 1.29 is 9.84 Å². The highest BCUT2D eigenvalue weighted by Gasteiger charge is 2.10. The molecule has 0 saturated heterocycles. The zero-order valence-corrected chi connectivity index (χ0v) is 12.3. The number of aryl methyl sites for hydroxylation is 1. The number of benzene rings is 2. The van der Waals surface area contributed by atoms with Gasteiger partial charge in [0.2, 0.25) is 5.88 Å². The predicted molar refractivity (Wildman–Crippen MR) is 83.9 cm³/mol. The van der Waals surface area contributed by atoms with E-state index in [1.54, 1.807) is 12.3 Å². The molecule has 21 heavy (non-hydrogen) atoms. The fourth-order valence-corrected chi connectivity index (χ4v) is 2.49. The van der Waals surface area contributed by atoms with E-state index in [0.29, 0.717) is 16.7 Å². The molecule has 106 valence electrons. The zero-order valence-electron chi connectivity index (χ0n) is 11.5. The molecule has 0 spiro atoms. The molecule has 0 amide bonds. The summed E-state index contributed by atoms with van der Waals surface area (Å²) in [5, 5.41) is 11.9. The maximum atomic E-state index is 9.40. The molecule has 1 N–H and O–H groups in total. The van der Waals surface area contributed by atoms with Crippen molar-refractivity contribution in [3.05, 3.63) is 64.8 Å². The monoisotopic (exact) mass is 299 g/mol. The van der Waals surface area contributed by atoms with Crippen LogP contribution in [-0.4, -0.2) is 10.1 Å². The van der Waals surface area contributed by atoms with Crippen molar-refractivity contribution >= 4 is 22.4 Å². The summed E-state index contributed by atoms with van der Waals surface area (Å²) in [4.78, 5) is 4.32. The predicted octanol–water partition coefficient (Wildman–Crippen LogP) is 4.48. The molecule has 3 rings (SSSR count). The first-order chi connectivity index (χ1) is 10.2. The number of nitrogens with zero attached hydrogens (tertiary/aromatic N) is 1. The van der Waals surface area contributed by atoms with Crippen LogP contribution in [0.1, 0.15) is 11.1 Å². The number of rotatable bonds is 3. The third-order valence-corrected chi connectivity index (χ3v) is 3.59. The second-order valence-corrected chi connectivity index (χ2v) is 5.24. The second-order valence-electron chi connectivity index (χ2n) is 4.80. The number of aliphatic hydroxyl groups excluding tert-OH is 1. The maximum Gasteiger partial charge on any atom is 0.227 e. The van der Waals surface area contributed by atoms with E-state index in [-0.39, 0.29) is 6.61 Å². The SMILES string of the molecule is Cc1cc(Cl)ccc1Oc1ncc(CO)c2ccccc12. The van der Waals surface area contributed by atoms with Crippen LogP contribution in [0.2, 0.25) is 5.02 Å². The molecule has 0 fully saturated rings. The Balaban J connectivity index is 2.09. The third-order valence-electron chi connectivity index (χ3n) is 3.36. The third kappa shape index (κ3) is 2.71. The van der Waals surface area contributed by atoms with Crippen LogP contribution in [0.15, 0.2) is 48.7 Å². The van der Waals surface area contributed by atoms with Crippen LogP contribution in [0.25, 0.3) is 10.8 Å². The van der Waals surface area contributed by atoms with Gasteiger partial charge in [0.1, 0.15) is 5.75 Å². The maximum absolute atomic E-state index is 9.40. The summed E-state index contributed by atoms with van der Waals surface area (Å²) in [7, 11) is 0. The van der Waals surface area contributed by atoms with E-state index in [1.165, 1.54) is 0 Å². The average Bonchev–Trinajstić information content (AvgIpc) is 2.50. The molecule has 3 aromatic rings. The number of pyridine rings is 1. The minimum Gasteiger partial charge on any atom is -0.438 e. The Morgan fingerprint density at radius 2 is 1.90 bits per heavy atom. The van der Waals surface area contributed by atoms with Crippen molar-refractivity contribution in [1.82, 2.24) is 4.98 Å². The molecule has 0 saturated carbocycles. The van der Waals surface area contributed by atoms with Crippen LogP contribution in [0.3, 0.4) is 0 Å². The summed E-state index contributed by atoms with van der Waals surface area (Å²) >= 11 is 5.96. The lowest BCUT2D eigenvalue weighted by Gasteiger charge is -2.12. The standard InChI is InChI=1S/C17H14ClNO2/c1-11-8-13(18)6-7-16(11)21-17-15-5-3-2-4-14(15)12(10-20)9-19-17/h2-9,20H,10H2,1H3. The number of ether oxygens (including phenoxy) is 1. The molecule has 0 radical (unpaired) electrons. The van der Waals surface area contributed by atoms with Crippen LogP contribution in [0.5, 0.6) is 11.6 Å². The van der Waals surface area contributed by atoms with Crippen LogP contribution >= 0.6 is 11.6 Å². The van der Waals surface area contributed by atoms with E-state index in [2.05, 4.69) is 4.98 Å². The Labute approximate surface area is 127 Å². The van der Waals surface area contributed by atoms with E-state index in [4.69, 9.17) is 16.3 Å². The Kier molecular flexibility index (Phi) is 3.78. The summed E-state index contributed by atoms with van der Waals surface area (Å²) in [6.45, 7) is 1.89. The van der Waals surface area contributed by atoms with E-state index in [0.717, 1.165) is 21.9 Å². The molecule has 0 unspecified atom stereocenters. The lowest BCUT2D eigenvalue weighted by Crippen LogP contribution is -1.95. The van der Waals surface area contributed by atoms with Gasteiger partial charge in [-0.15, -0.1) is 0 Å². The Bertz CT molecular complexity index is 802. The van der Waals surface area contributed by atoms with Crippen molar-refractivity contribution in [2.24, 2.45) is 0 Å². The molecule has 4 heteroatoms. The van der Waals surface area contributed by atoms with Gasteiger partial charge >= 0.3 is 0 Å². The quantitative estimate of drug-likeness (QED) is 0.775. The summed E-state index contributed by atoms with van der Waals surface area (Å²) in [6, 6.07) is 13.2.